The zero-order valence-electron chi connectivity index (χ0n) is 24.6. The molecule has 1 aromatic heterocycles. The van der Waals surface area contributed by atoms with Gasteiger partial charge in [-0.05, 0) is 88.3 Å². The van der Waals surface area contributed by atoms with Crippen molar-refractivity contribution in [2.75, 3.05) is 34.4 Å². The number of hydrogen-bond donors (Lipinski definition) is 2. The third kappa shape index (κ3) is 5.66. The molecule has 2 heterocycles. The van der Waals surface area contributed by atoms with Gasteiger partial charge in [-0.1, -0.05) is 30.3 Å². The number of methoxy groups -OCH3 is 1. The molecule has 1 aliphatic heterocycles. The van der Waals surface area contributed by atoms with Crippen LogP contribution in [0.5, 0.6) is 5.88 Å². The van der Waals surface area contributed by atoms with Crippen LogP contribution in [-0.2, 0) is 9.57 Å². The first-order chi connectivity index (χ1) is 20.2. The summed E-state index contributed by atoms with van der Waals surface area (Å²) in [5.74, 6) is -0.684. The summed E-state index contributed by atoms with van der Waals surface area (Å²) in [5, 5.41) is 13.3. The number of hydroxylamine groups is 2. The molecule has 9 heteroatoms. The van der Waals surface area contributed by atoms with Crippen LogP contribution in [0.1, 0.15) is 55.8 Å². The first-order valence-corrected chi connectivity index (χ1v) is 14.0. The number of carbonyl (C=O) groups is 2. The van der Waals surface area contributed by atoms with Crippen molar-refractivity contribution in [2.24, 2.45) is 4.99 Å². The standard InChI is InChI=1S/C33H36N4O5/c1-20-17-23(11-12-25(20)32(39)37(42-5)24-13-15-36(3)16-14-24)34-30(22-9-7-6-8-10-22)29-27-18-21(2)26(33(40)41-4)19-28(27)35-31(29)38/h6-12,17-19,24,35,38H,13-16H2,1-5H3. The van der Waals surface area contributed by atoms with Gasteiger partial charge < -0.3 is 19.7 Å². The van der Waals surface area contributed by atoms with E-state index in [0.29, 0.717) is 39.2 Å². The highest BCUT2D eigenvalue weighted by atomic mass is 16.7. The van der Waals surface area contributed by atoms with Gasteiger partial charge in [-0.25, -0.2) is 14.9 Å². The second-order valence-electron chi connectivity index (χ2n) is 10.7. The van der Waals surface area contributed by atoms with Gasteiger partial charge in [0.05, 0.1) is 42.8 Å². The fourth-order valence-corrected chi connectivity index (χ4v) is 5.60. The molecule has 0 atom stereocenters. The maximum absolute atomic E-state index is 13.5. The third-order valence-electron chi connectivity index (χ3n) is 7.91. The average molecular weight is 569 g/mol. The Hall–Kier alpha value is -4.47. The van der Waals surface area contributed by atoms with Crippen LogP contribution in [0.25, 0.3) is 10.9 Å². The number of aromatic hydroxyl groups is 1. The van der Waals surface area contributed by atoms with Crippen LogP contribution >= 0.6 is 0 Å². The van der Waals surface area contributed by atoms with Gasteiger partial charge in [0.1, 0.15) is 0 Å². The van der Waals surface area contributed by atoms with E-state index in [9.17, 15) is 14.7 Å². The van der Waals surface area contributed by atoms with Crippen molar-refractivity contribution in [3.05, 3.63) is 94.0 Å². The fourth-order valence-electron chi connectivity index (χ4n) is 5.60. The topological polar surface area (TPSA) is 107 Å². The Morgan fingerprint density at radius 3 is 2.31 bits per heavy atom. The first kappa shape index (κ1) is 29.0. The van der Waals surface area contributed by atoms with Crippen LogP contribution in [0.15, 0.2) is 65.7 Å². The van der Waals surface area contributed by atoms with E-state index in [1.807, 2.05) is 56.3 Å². The number of hydrogen-bond acceptors (Lipinski definition) is 7. The van der Waals surface area contributed by atoms with E-state index in [1.165, 1.54) is 12.2 Å². The average Bonchev–Trinajstić information content (AvgIpc) is 3.30. The minimum Gasteiger partial charge on any atom is -0.494 e. The van der Waals surface area contributed by atoms with E-state index in [-0.39, 0.29) is 17.8 Å². The van der Waals surface area contributed by atoms with E-state index in [0.717, 1.165) is 42.4 Å². The van der Waals surface area contributed by atoms with Crippen molar-refractivity contribution >= 4 is 34.2 Å². The summed E-state index contributed by atoms with van der Waals surface area (Å²) < 4.78 is 4.92. The van der Waals surface area contributed by atoms with Gasteiger partial charge in [0, 0.05) is 22.0 Å². The maximum Gasteiger partial charge on any atom is 0.338 e. The number of fused-ring (bicyclic) bond motifs is 1. The number of nitrogens with one attached hydrogen (secondary N) is 1. The summed E-state index contributed by atoms with van der Waals surface area (Å²) in [6.45, 7) is 5.54. The number of amides is 1. The monoisotopic (exact) mass is 568 g/mol. The lowest BCUT2D eigenvalue weighted by Crippen LogP contribution is -2.46. The number of carbonyl (C=O) groups excluding carboxylic acids is 2. The molecule has 0 radical (unpaired) electrons. The van der Waals surface area contributed by atoms with E-state index in [4.69, 9.17) is 14.6 Å². The van der Waals surface area contributed by atoms with Gasteiger partial charge in [0.15, 0.2) is 5.88 Å². The lowest BCUT2D eigenvalue weighted by atomic mass is 9.98. The number of rotatable bonds is 7. The fraction of sp³-hybridized carbons (Fsp3) is 0.303. The number of H-pyrrole nitrogens is 1. The van der Waals surface area contributed by atoms with E-state index >= 15 is 0 Å². The molecule has 1 saturated heterocycles. The number of aromatic nitrogens is 1. The highest BCUT2D eigenvalue weighted by Crippen LogP contribution is 2.34. The van der Waals surface area contributed by atoms with Crippen LogP contribution < -0.4 is 0 Å². The molecular weight excluding hydrogens is 532 g/mol. The molecule has 1 aliphatic rings. The Bertz CT molecular complexity index is 1650. The Morgan fingerprint density at radius 2 is 1.67 bits per heavy atom. The van der Waals surface area contributed by atoms with Crippen LogP contribution in [0.4, 0.5) is 5.69 Å². The quantitative estimate of drug-likeness (QED) is 0.172. The molecule has 4 aromatic rings. The van der Waals surface area contributed by atoms with E-state index < -0.39 is 5.97 Å². The first-order valence-electron chi connectivity index (χ1n) is 14.0. The molecule has 0 spiro atoms. The molecule has 0 saturated carbocycles. The molecule has 218 valence electrons. The Labute approximate surface area is 245 Å². The van der Waals surface area contributed by atoms with Crippen LogP contribution in [0, 0.1) is 13.8 Å². The molecule has 2 N–H and O–H groups in total. The number of benzene rings is 3. The third-order valence-corrected chi connectivity index (χ3v) is 7.91. The number of likely N-dealkylation sites (tertiary alicyclic amines) is 1. The van der Waals surface area contributed by atoms with E-state index in [1.54, 1.807) is 25.3 Å². The number of nitrogens with zero attached hydrogens (tertiary/aromatic N) is 3. The number of esters is 1. The highest BCUT2D eigenvalue weighted by molar-refractivity contribution is 6.22. The molecule has 1 fully saturated rings. The number of aliphatic imine (C=N–C) groups is 1. The van der Waals surface area contributed by atoms with Crippen molar-refractivity contribution in [3.63, 3.8) is 0 Å². The van der Waals surface area contributed by atoms with Crippen molar-refractivity contribution < 1.29 is 24.3 Å². The Kier molecular flexibility index (Phi) is 8.42. The van der Waals surface area contributed by atoms with Gasteiger partial charge in [-0.3, -0.25) is 9.63 Å². The smallest absolute Gasteiger partial charge is 0.338 e. The molecule has 3 aromatic carbocycles. The predicted octanol–water partition coefficient (Wildman–Crippen LogP) is 5.54. The van der Waals surface area contributed by atoms with E-state index in [2.05, 4.69) is 16.9 Å². The largest absolute Gasteiger partial charge is 0.494 e. The summed E-state index contributed by atoms with van der Waals surface area (Å²) in [5.41, 5.74) is 5.53. The van der Waals surface area contributed by atoms with Gasteiger partial charge in [0.2, 0.25) is 0 Å². The molecule has 5 rings (SSSR count). The molecule has 0 aliphatic carbocycles. The second kappa shape index (κ2) is 12.2. The number of aromatic amines is 1. The lowest BCUT2D eigenvalue weighted by molar-refractivity contribution is -0.132. The number of piperidine rings is 1. The maximum atomic E-state index is 13.5. The zero-order chi connectivity index (χ0) is 30.0. The molecule has 42 heavy (non-hydrogen) atoms. The van der Waals surface area contributed by atoms with Crippen molar-refractivity contribution in [1.29, 1.82) is 0 Å². The van der Waals surface area contributed by atoms with Gasteiger partial charge in [0.25, 0.3) is 5.91 Å². The van der Waals surface area contributed by atoms with Gasteiger partial charge >= 0.3 is 5.97 Å². The van der Waals surface area contributed by atoms with Gasteiger partial charge in [-0.2, -0.15) is 0 Å². The summed E-state index contributed by atoms with van der Waals surface area (Å²) in [6, 6.07) is 18.6. The molecule has 0 unspecified atom stereocenters. The SMILES string of the molecule is COC(=O)c1cc2[nH]c(O)c(C(=Nc3ccc(C(=O)N(OC)C4CCN(C)CC4)c(C)c3)c3ccccc3)c2cc1C. The molecular formula is C33H36N4O5. The summed E-state index contributed by atoms with van der Waals surface area (Å²) >= 11 is 0. The molecule has 9 nitrogen and oxygen atoms in total. The summed E-state index contributed by atoms with van der Waals surface area (Å²) in [7, 11) is 4.96. The Balaban J connectivity index is 1.56. The van der Waals surface area contributed by atoms with Gasteiger partial charge in [-0.15, -0.1) is 0 Å². The van der Waals surface area contributed by atoms with Crippen molar-refractivity contribution in [3.8, 4) is 5.88 Å². The lowest BCUT2D eigenvalue weighted by Gasteiger charge is -2.35. The second-order valence-corrected chi connectivity index (χ2v) is 10.7. The number of aryl methyl sites for hydroxylation is 2. The van der Waals surface area contributed by atoms with Crippen LogP contribution in [-0.4, -0.2) is 78.0 Å². The zero-order valence-corrected chi connectivity index (χ0v) is 24.6. The number of ether oxygens (including phenoxy) is 1. The highest BCUT2D eigenvalue weighted by Gasteiger charge is 2.29. The normalized spacial score (nSPS) is 14.7. The van der Waals surface area contributed by atoms with Crippen LogP contribution in [0.3, 0.4) is 0 Å². The Morgan fingerprint density at radius 1 is 0.976 bits per heavy atom. The predicted molar refractivity (Wildman–Crippen MR) is 163 cm³/mol. The minimum absolute atomic E-state index is 0.0217. The molecule has 0 bridgehead atoms. The van der Waals surface area contributed by atoms with Crippen LogP contribution in [0.2, 0.25) is 0 Å². The summed E-state index contributed by atoms with van der Waals surface area (Å²) in [4.78, 5) is 41.6. The minimum atomic E-state index is -0.449. The molecule has 1 amide bonds. The van der Waals surface area contributed by atoms with Crippen molar-refractivity contribution in [2.45, 2.75) is 32.7 Å². The van der Waals surface area contributed by atoms with Crippen molar-refractivity contribution in [1.82, 2.24) is 14.9 Å². The summed E-state index contributed by atoms with van der Waals surface area (Å²) in [6.07, 6.45) is 1.71.